The van der Waals surface area contributed by atoms with Gasteiger partial charge in [-0.05, 0) is 12.5 Å². The minimum absolute atomic E-state index is 0.0563. The lowest BCUT2D eigenvalue weighted by Gasteiger charge is -2.27. The molecule has 0 spiro atoms. The molecule has 2 aliphatic heterocycles. The molecule has 1 saturated heterocycles. The van der Waals surface area contributed by atoms with Crippen molar-refractivity contribution in [2.45, 2.75) is 18.5 Å². The SMILES string of the molecule is O=C(C1COc2ccccc21)N1CCC(C(=O)O)(C(F)(F)F)C1. The Balaban J connectivity index is 1.82. The number of carboxylic acids is 1. The van der Waals surface area contributed by atoms with Gasteiger partial charge in [-0.2, -0.15) is 13.2 Å². The summed E-state index contributed by atoms with van der Waals surface area (Å²) in [4.78, 5) is 24.7. The highest BCUT2D eigenvalue weighted by Crippen LogP contribution is 2.46. The molecule has 0 radical (unpaired) electrons. The van der Waals surface area contributed by atoms with E-state index in [0.717, 1.165) is 4.90 Å². The number of carbonyl (C=O) groups is 2. The summed E-state index contributed by atoms with van der Waals surface area (Å²) in [6.07, 6.45) is -5.54. The van der Waals surface area contributed by atoms with Gasteiger partial charge in [-0.25, -0.2) is 0 Å². The average molecular weight is 329 g/mol. The monoisotopic (exact) mass is 329 g/mol. The third-order valence-corrected chi connectivity index (χ3v) is 4.53. The summed E-state index contributed by atoms with van der Waals surface area (Å²) in [5.74, 6) is -2.62. The molecule has 1 aromatic rings. The highest BCUT2D eigenvalue weighted by molar-refractivity contribution is 5.87. The van der Waals surface area contributed by atoms with Crippen LogP contribution in [-0.2, 0) is 9.59 Å². The molecule has 0 aliphatic carbocycles. The van der Waals surface area contributed by atoms with Crippen LogP contribution in [0.2, 0.25) is 0 Å². The molecule has 0 saturated carbocycles. The van der Waals surface area contributed by atoms with E-state index in [0.29, 0.717) is 11.3 Å². The quantitative estimate of drug-likeness (QED) is 0.901. The number of carbonyl (C=O) groups excluding carboxylic acids is 1. The molecule has 5 nitrogen and oxygen atoms in total. The number of nitrogens with zero attached hydrogens (tertiary/aromatic N) is 1. The van der Waals surface area contributed by atoms with Crippen LogP contribution in [0.5, 0.6) is 5.75 Å². The predicted molar refractivity (Wildman–Crippen MR) is 72.0 cm³/mol. The molecule has 2 aliphatic rings. The Hall–Kier alpha value is -2.25. The number of rotatable bonds is 2. The number of hydrogen-bond donors (Lipinski definition) is 1. The Bertz CT molecular complexity index is 660. The number of carboxylic acid groups (broad SMARTS) is 1. The number of aliphatic carboxylic acids is 1. The van der Waals surface area contributed by atoms with Crippen molar-refractivity contribution in [2.75, 3.05) is 19.7 Å². The molecule has 23 heavy (non-hydrogen) atoms. The zero-order valence-electron chi connectivity index (χ0n) is 12.0. The summed E-state index contributed by atoms with van der Waals surface area (Å²) >= 11 is 0. The number of hydrogen-bond acceptors (Lipinski definition) is 3. The van der Waals surface area contributed by atoms with Gasteiger partial charge in [-0.15, -0.1) is 0 Å². The number of halogens is 3. The lowest BCUT2D eigenvalue weighted by atomic mass is 9.86. The van der Waals surface area contributed by atoms with Crippen molar-refractivity contribution in [3.8, 4) is 5.75 Å². The minimum Gasteiger partial charge on any atom is -0.492 e. The summed E-state index contributed by atoms with van der Waals surface area (Å²) in [6.45, 7) is -1.03. The van der Waals surface area contributed by atoms with Crippen LogP contribution in [0.4, 0.5) is 13.2 Å². The Morgan fingerprint density at radius 1 is 1.30 bits per heavy atom. The van der Waals surface area contributed by atoms with E-state index < -0.39 is 42.4 Å². The molecule has 2 unspecified atom stereocenters. The van der Waals surface area contributed by atoms with E-state index in [1.807, 2.05) is 0 Å². The minimum atomic E-state index is -4.90. The number of benzene rings is 1. The van der Waals surface area contributed by atoms with Crippen LogP contribution in [0.15, 0.2) is 24.3 Å². The zero-order valence-corrected chi connectivity index (χ0v) is 12.0. The molecule has 2 atom stereocenters. The highest BCUT2D eigenvalue weighted by Gasteiger charge is 2.64. The van der Waals surface area contributed by atoms with Crippen LogP contribution >= 0.6 is 0 Å². The second kappa shape index (κ2) is 5.14. The molecule has 1 N–H and O–H groups in total. The molecule has 124 valence electrons. The van der Waals surface area contributed by atoms with Crippen molar-refractivity contribution in [1.82, 2.24) is 4.90 Å². The van der Waals surface area contributed by atoms with Gasteiger partial charge in [0.15, 0.2) is 5.41 Å². The molecular weight excluding hydrogens is 315 g/mol. The van der Waals surface area contributed by atoms with Gasteiger partial charge in [0, 0.05) is 18.7 Å². The fourth-order valence-electron chi connectivity index (χ4n) is 3.11. The standard InChI is InChI=1S/C15H14F3NO4/c16-15(17,18)14(13(21)22)5-6-19(8-14)12(20)10-7-23-11-4-2-1-3-9(10)11/h1-4,10H,5-8H2,(H,21,22). The fourth-order valence-corrected chi connectivity index (χ4v) is 3.11. The van der Waals surface area contributed by atoms with Crippen molar-refractivity contribution < 1.29 is 32.6 Å². The maximum Gasteiger partial charge on any atom is 0.406 e. The first kappa shape index (κ1) is 15.6. The van der Waals surface area contributed by atoms with E-state index in [4.69, 9.17) is 9.84 Å². The van der Waals surface area contributed by atoms with Gasteiger partial charge in [0.1, 0.15) is 18.3 Å². The van der Waals surface area contributed by atoms with Crippen LogP contribution in [0, 0.1) is 5.41 Å². The number of ether oxygens (including phenoxy) is 1. The predicted octanol–water partition coefficient (Wildman–Crippen LogP) is 2.03. The van der Waals surface area contributed by atoms with Gasteiger partial charge in [0.2, 0.25) is 5.91 Å². The van der Waals surface area contributed by atoms with Crippen LogP contribution in [-0.4, -0.2) is 47.8 Å². The van der Waals surface area contributed by atoms with Gasteiger partial charge in [-0.3, -0.25) is 9.59 Å². The van der Waals surface area contributed by atoms with Crippen molar-refractivity contribution in [2.24, 2.45) is 5.41 Å². The van der Waals surface area contributed by atoms with Gasteiger partial charge in [0.05, 0.1) is 0 Å². The highest BCUT2D eigenvalue weighted by atomic mass is 19.4. The first-order valence-corrected chi connectivity index (χ1v) is 7.07. The number of para-hydroxylation sites is 1. The summed E-state index contributed by atoms with van der Waals surface area (Å²) in [7, 11) is 0. The molecule has 1 fully saturated rings. The summed E-state index contributed by atoms with van der Waals surface area (Å²) in [5, 5.41) is 9.04. The molecule has 1 aromatic carbocycles. The summed E-state index contributed by atoms with van der Waals surface area (Å²) in [5.41, 5.74) is -2.26. The van der Waals surface area contributed by atoms with Crippen molar-refractivity contribution in [1.29, 1.82) is 0 Å². The molecule has 8 heteroatoms. The van der Waals surface area contributed by atoms with Gasteiger partial charge >= 0.3 is 12.1 Å². The van der Waals surface area contributed by atoms with Crippen molar-refractivity contribution in [3.05, 3.63) is 29.8 Å². The van der Waals surface area contributed by atoms with E-state index in [1.54, 1.807) is 24.3 Å². The van der Waals surface area contributed by atoms with E-state index in [-0.39, 0.29) is 13.2 Å². The Kier molecular flexibility index (Phi) is 3.50. The first-order chi connectivity index (χ1) is 10.8. The van der Waals surface area contributed by atoms with E-state index >= 15 is 0 Å². The number of alkyl halides is 3. The first-order valence-electron chi connectivity index (χ1n) is 7.07. The summed E-state index contributed by atoms with van der Waals surface area (Å²) in [6, 6.07) is 6.83. The van der Waals surface area contributed by atoms with Crippen molar-refractivity contribution in [3.63, 3.8) is 0 Å². The van der Waals surface area contributed by atoms with Gasteiger partial charge in [0.25, 0.3) is 0 Å². The normalized spacial score (nSPS) is 26.7. The maximum absolute atomic E-state index is 13.2. The number of likely N-dealkylation sites (tertiary alicyclic amines) is 1. The molecule has 1 amide bonds. The molecule has 0 aromatic heterocycles. The lowest BCUT2D eigenvalue weighted by Crippen LogP contribution is -2.48. The second-order valence-electron chi connectivity index (χ2n) is 5.80. The zero-order chi connectivity index (χ0) is 16.8. The largest absolute Gasteiger partial charge is 0.492 e. The summed E-state index contributed by atoms with van der Waals surface area (Å²) < 4.78 is 44.9. The van der Waals surface area contributed by atoms with E-state index in [2.05, 4.69) is 0 Å². The number of amides is 1. The van der Waals surface area contributed by atoms with Gasteiger partial charge in [-0.1, -0.05) is 18.2 Å². The molecule has 2 heterocycles. The van der Waals surface area contributed by atoms with Crippen LogP contribution in [0.25, 0.3) is 0 Å². The molecule has 0 bridgehead atoms. The third-order valence-electron chi connectivity index (χ3n) is 4.53. The Labute approximate surface area is 129 Å². The lowest BCUT2D eigenvalue weighted by molar-refractivity contribution is -0.227. The Morgan fingerprint density at radius 3 is 2.61 bits per heavy atom. The van der Waals surface area contributed by atoms with Crippen LogP contribution in [0.3, 0.4) is 0 Å². The van der Waals surface area contributed by atoms with E-state index in [9.17, 15) is 22.8 Å². The molecular formula is C15H14F3NO4. The fraction of sp³-hybridized carbons (Fsp3) is 0.467. The average Bonchev–Trinajstić information content (AvgIpc) is 3.11. The number of fused-ring (bicyclic) bond motifs is 1. The third kappa shape index (κ3) is 2.32. The Morgan fingerprint density at radius 2 is 2.00 bits per heavy atom. The van der Waals surface area contributed by atoms with E-state index in [1.165, 1.54) is 0 Å². The smallest absolute Gasteiger partial charge is 0.406 e. The van der Waals surface area contributed by atoms with Crippen LogP contribution < -0.4 is 4.74 Å². The van der Waals surface area contributed by atoms with Crippen molar-refractivity contribution >= 4 is 11.9 Å². The maximum atomic E-state index is 13.2. The van der Waals surface area contributed by atoms with Crippen LogP contribution in [0.1, 0.15) is 17.9 Å². The second-order valence-corrected chi connectivity index (χ2v) is 5.80. The topological polar surface area (TPSA) is 66.8 Å². The van der Waals surface area contributed by atoms with Gasteiger partial charge < -0.3 is 14.7 Å². The molecule has 3 rings (SSSR count).